The zero-order chi connectivity index (χ0) is 23.3. The van der Waals surface area contributed by atoms with Crippen LogP contribution in [0.2, 0.25) is 0 Å². The van der Waals surface area contributed by atoms with Gasteiger partial charge in [0.1, 0.15) is 5.82 Å². The number of aromatic amines is 1. The fourth-order valence-electron chi connectivity index (χ4n) is 3.81. The zero-order valence-electron chi connectivity index (χ0n) is 17.3. The maximum absolute atomic E-state index is 12.7. The van der Waals surface area contributed by atoms with Crippen LogP contribution in [0.15, 0.2) is 24.3 Å². The summed E-state index contributed by atoms with van der Waals surface area (Å²) < 4.78 is 31.7. The maximum atomic E-state index is 12.7. The van der Waals surface area contributed by atoms with E-state index in [0.29, 0.717) is 19.0 Å². The van der Waals surface area contributed by atoms with Gasteiger partial charge >= 0.3 is 12.1 Å². The second kappa shape index (κ2) is 10.1. The van der Waals surface area contributed by atoms with Crippen molar-refractivity contribution in [2.75, 3.05) is 31.1 Å². The first-order valence-electron chi connectivity index (χ1n) is 10.2. The minimum atomic E-state index is -5.08. The molecule has 1 aromatic carbocycles. The molecule has 174 valence electrons. The first-order chi connectivity index (χ1) is 15.2. The lowest BCUT2D eigenvalue weighted by Gasteiger charge is -2.31. The Bertz CT molecular complexity index is 941. The normalized spacial score (nSPS) is 16.9. The number of carboxylic acids is 1. The second-order valence-corrected chi connectivity index (χ2v) is 7.62. The molecule has 9 nitrogen and oxygen atoms in total. The Morgan fingerprint density at radius 1 is 1.19 bits per heavy atom. The van der Waals surface area contributed by atoms with Crippen LogP contribution in [-0.4, -0.2) is 69.4 Å². The highest BCUT2D eigenvalue weighted by Crippen LogP contribution is 2.29. The number of para-hydroxylation sites is 1. The molecule has 0 unspecified atom stereocenters. The number of anilines is 1. The number of nitrogens with one attached hydrogen (secondary N) is 1. The number of halogens is 3. The lowest BCUT2D eigenvalue weighted by molar-refractivity contribution is -0.192. The van der Waals surface area contributed by atoms with Gasteiger partial charge in [0.25, 0.3) is 0 Å². The number of aliphatic carboxylic acids is 1. The molecule has 0 radical (unpaired) electrons. The van der Waals surface area contributed by atoms with Crippen LogP contribution in [0.5, 0.6) is 0 Å². The molecular weight excluding hydrogens is 429 g/mol. The molecule has 4 N–H and O–H groups in total. The number of amides is 1. The van der Waals surface area contributed by atoms with Crippen molar-refractivity contribution in [1.82, 2.24) is 20.1 Å². The van der Waals surface area contributed by atoms with Crippen LogP contribution in [0.3, 0.4) is 0 Å². The van der Waals surface area contributed by atoms with Crippen molar-refractivity contribution >= 4 is 17.6 Å². The predicted molar refractivity (Wildman–Crippen MR) is 109 cm³/mol. The number of likely N-dealkylation sites (tertiary alicyclic amines) is 1. The summed E-state index contributed by atoms with van der Waals surface area (Å²) in [5.74, 6) is -0.602. The number of aromatic nitrogens is 3. The molecule has 2 aliphatic heterocycles. The van der Waals surface area contributed by atoms with Gasteiger partial charge in [-0.1, -0.05) is 18.2 Å². The van der Waals surface area contributed by atoms with Crippen LogP contribution in [0.25, 0.3) is 0 Å². The average Bonchev–Trinajstić information content (AvgIpc) is 3.41. The van der Waals surface area contributed by atoms with Gasteiger partial charge in [-0.05, 0) is 44.0 Å². The van der Waals surface area contributed by atoms with Crippen LogP contribution < -0.4 is 10.6 Å². The molecular formula is C20H25F3N6O3. The molecule has 1 aromatic heterocycles. The topological polar surface area (TPSA) is 128 Å². The zero-order valence-corrected chi connectivity index (χ0v) is 17.3. The number of hydrogen-bond donors (Lipinski definition) is 3. The van der Waals surface area contributed by atoms with Crippen LogP contribution in [0.1, 0.15) is 36.0 Å². The quantitative estimate of drug-likeness (QED) is 0.641. The third kappa shape index (κ3) is 5.82. The van der Waals surface area contributed by atoms with Gasteiger partial charge in [0.2, 0.25) is 5.91 Å². The Morgan fingerprint density at radius 3 is 2.44 bits per heavy atom. The number of benzene rings is 1. The van der Waals surface area contributed by atoms with Gasteiger partial charge in [0.15, 0.2) is 5.82 Å². The van der Waals surface area contributed by atoms with Gasteiger partial charge < -0.3 is 15.7 Å². The van der Waals surface area contributed by atoms with E-state index in [2.05, 4.69) is 26.1 Å². The van der Waals surface area contributed by atoms with E-state index in [0.717, 1.165) is 56.2 Å². The minimum Gasteiger partial charge on any atom is -0.475 e. The van der Waals surface area contributed by atoms with Gasteiger partial charge in [0.05, 0.1) is 13.1 Å². The number of fused-ring (bicyclic) bond motifs is 1. The van der Waals surface area contributed by atoms with Gasteiger partial charge in [0, 0.05) is 18.2 Å². The average molecular weight is 454 g/mol. The molecule has 0 atom stereocenters. The van der Waals surface area contributed by atoms with Gasteiger partial charge in [-0.25, -0.2) is 9.78 Å². The Balaban J connectivity index is 0.000000360. The van der Waals surface area contributed by atoms with E-state index in [1.165, 1.54) is 5.56 Å². The van der Waals surface area contributed by atoms with E-state index in [1.54, 1.807) is 0 Å². The van der Waals surface area contributed by atoms with Crippen molar-refractivity contribution in [3.05, 3.63) is 41.5 Å². The van der Waals surface area contributed by atoms with Crippen molar-refractivity contribution in [1.29, 1.82) is 0 Å². The largest absolute Gasteiger partial charge is 0.490 e. The number of alkyl halides is 3. The van der Waals surface area contributed by atoms with Crippen molar-refractivity contribution in [2.24, 2.45) is 5.73 Å². The fourth-order valence-corrected chi connectivity index (χ4v) is 3.81. The molecule has 1 saturated heterocycles. The van der Waals surface area contributed by atoms with E-state index < -0.39 is 12.1 Å². The van der Waals surface area contributed by atoms with Crippen molar-refractivity contribution in [2.45, 2.75) is 37.9 Å². The van der Waals surface area contributed by atoms with Gasteiger partial charge in [-0.3, -0.25) is 14.8 Å². The summed E-state index contributed by atoms with van der Waals surface area (Å²) in [6.45, 7) is 3.48. The summed E-state index contributed by atoms with van der Waals surface area (Å²) in [6, 6.07) is 8.20. The highest BCUT2D eigenvalue weighted by molar-refractivity contribution is 5.96. The second-order valence-electron chi connectivity index (χ2n) is 7.62. The Kier molecular flexibility index (Phi) is 7.46. The monoisotopic (exact) mass is 454 g/mol. The number of nitrogens with zero attached hydrogens (tertiary/aromatic N) is 4. The number of H-pyrrole nitrogens is 1. The first-order valence-corrected chi connectivity index (χ1v) is 10.2. The van der Waals surface area contributed by atoms with E-state index in [4.69, 9.17) is 15.6 Å². The van der Waals surface area contributed by atoms with E-state index >= 15 is 0 Å². The molecule has 0 aliphatic carbocycles. The minimum absolute atomic E-state index is 0.201. The van der Waals surface area contributed by atoms with E-state index in [9.17, 15) is 18.0 Å². The lowest BCUT2D eigenvalue weighted by atomic mass is 9.96. The summed E-state index contributed by atoms with van der Waals surface area (Å²) in [7, 11) is 0. The number of rotatable bonds is 4. The van der Waals surface area contributed by atoms with Crippen molar-refractivity contribution < 1.29 is 27.9 Å². The third-order valence-electron chi connectivity index (χ3n) is 5.48. The van der Waals surface area contributed by atoms with E-state index in [1.807, 2.05) is 23.1 Å². The van der Waals surface area contributed by atoms with Gasteiger partial charge in [-0.2, -0.15) is 18.3 Å². The van der Waals surface area contributed by atoms with Crippen LogP contribution in [-0.2, 0) is 22.6 Å². The molecule has 2 aromatic rings. The summed E-state index contributed by atoms with van der Waals surface area (Å²) in [6.07, 6.45) is -2.17. The number of carboxylic acid groups (broad SMARTS) is 1. The van der Waals surface area contributed by atoms with Crippen LogP contribution in [0, 0.1) is 0 Å². The molecule has 32 heavy (non-hydrogen) atoms. The Labute approximate surface area is 182 Å². The first kappa shape index (κ1) is 23.7. The molecule has 0 spiro atoms. The molecule has 4 rings (SSSR count). The highest BCUT2D eigenvalue weighted by Gasteiger charge is 2.38. The Morgan fingerprint density at radius 2 is 1.84 bits per heavy atom. The number of hydrogen-bond acceptors (Lipinski definition) is 6. The molecule has 1 fully saturated rings. The molecule has 1 amide bonds. The van der Waals surface area contributed by atoms with E-state index in [-0.39, 0.29) is 5.91 Å². The van der Waals surface area contributed by atoms with Gasteiger partial charge in [-0.15, -0.1) is 0 Å². The molecule has 0 bridgehead atoms. The molecule has 2 aliphatic rings. The SMILES string of the molecule is NCc1nc(C2CCN(CC(=O)N3CCc4ccccc43)CC2)n[nH]1.O=C(O)C(F)(F)F. The molecule has 12 heteroatoms. The summed E-state index contributed by atoms with van der Waals surface area (Å²) in [5.41, 5.74) is 7.93. The number of carbonyl (C=O) groups is 2. The summed E-state index contributed by atoms with van der Waals surface area (Å²) in [5, 5.41) is 14.3. The summed E-state index contributed by atoms with van der Waals surface area (Å²) in [4.78, 5) is 30.2. The predicted octanol–water partition coefficient (Wildman–Crippen LogP) is 1.67. The smallest absolute Gasteiger partial charge is 0.475 e. The fraction of sp³-hybridized carbons (Fsp3) is 0.500. The number of nitrogens with two attached hydrogens (primary N) is 1. The maximum Gasteiger partial charge on any atom is 0.490 e. The van der Waals surface area contributed by atoms with Crippen LogP contribution >= 0.6 is 0 Å². The molecule has 0 saturated carbocycles. The Hall–Kier alpha value is -2.99. The lowest BCUT2D eigenvalue weighted by Crippen LogP contribution is -2.42. The standard InChI is InChI=1S/C18H24N6O.C2HF3O2/c19-11-16-20-18(22-21-16)14-5-8-23(9-6-14)12-17(25)24-10-7-13-3-1-2-4-15(13)24;3-2(4,5)1(6)7/h1-4,14H,5-12,19H2,(H,20,21,22);(H,6,7). The molecule has 3 heterocycles. The summed E-state index contributed by atoms with van der Waals surface area (Å²) >= 11 is 0. The van der Waals surface area contributed by atoms with Crippen molar-refractivity contribution in [3.63, 3.8) is 0 Å². The number of carbonyl (C=O) groups excluding carboxylic acids is 1. The van der Waals surface area contributed by atoms with Crippen molar-refractivity contribution in [3.8, 4) is 0 Å². The highest BCUT2D eigenvalue weighted by atomic mass is 19.4. The third-order valence-corrected chi connectivity index (χ3v) is 5.48. The number of piperidine rings is 1. The van der Waals surface area contributed by atoms with Crippen LogP contribution in [0.4, 0.5) is 18.9 Å².